The Labute approximate surface area is 144 Å². The Hall–Kier alpha value is -0.990. The SMILES string of the molecule is Cc1cc(C)n(C[C@@H]2CN(C[C@H](O)CN3CCOCC3)CCO2)n1. The van der Waals surface area contributed by atoms with Gasteiger partial charge < -0.3 is 14.6 Å². The van der Waals surface area contributed by atoms with Crippen LogP contribution in [0.3, 0.4) is 0 Å². The molecule has 3 heterocycles. The number of aliphatic hydroxyl groups is 1. The molecule has 2 saturated heterocycles. The van der Waals surface area contributed by atoms with Gasteiger partial charge in [-0.1, -0.05) is 0 Å². The summed E-state index contributed by atoms with van der Waals surface area (Å²) in [6, 6.07) is 2.09. The van der Waals surface area contributed by atoms with Crippen molar-refractivity contribution in [2.45, 2.75) is 32.6 Å². The van der Waals surface area contributed by atoms with Gasteiger partial charge in [-0.05, 0) is 19.9 Å². The van der Waals surface area contributed by atoms with Crippen molar-refractivity contribution in [3.05, 3.63) is 17.5 Å². The molecule has 24 heavy (non-hydrogen) atoms. The van der Waals surface area contributed by atoms with E-state index < -0.39 is 0 Å². The second-order valence-electron chi connectivity index (χ2n) is 6.93. The van der Waals surface area contributed by atoms with Gasteiger partial charge in [-0.25, -0.2) is 0 Å². The van der Waals surface area contributed by atoms with E-state index in [9.17, 15) is 5.11 Å². The number of β-amino-alcohol motifs (C(OH)–C–C–N with tert-alkyl or cyclic N) is 1. The highest BCUT2D eigenvalue weighted by molar-refractivity contribution is 5.06. The van der Waals surface area contributed by atoms with Crippen LogP contribution in [0.25, 0.3) is 0 Å². The summed E-state index contributed by atoms with van der Waals surface area (Å²) in [6.07, 6.45) is -0.192. The minimum atomic E-state index is -0.324. The predicted octanol–water partition coefficient (Wildman–Crippen LogP) is -0.106. The Bertz CT molecular complexity index is 516. The maximum atomic E-state index is 10.4. The zero-order valence-electron chi connectivity index (χ0n) is 14.9. The van der Waals surface area contributed by atoms with E-state index in [1.807, 2.05) is 11.6 Å². The van der Waals surface area contributed by atoms with Crippen molar-refractivity contribution in [3.8, 4) is 0 Å². The largest absolute Gasteiger partial charge is 0.390 e. The second-order valence-corrected chi connectivity index (χ2v) is 6.93. The number of rotatable bonds is 6. The molecule has 1 N–H and O–H groups in total. The maximum Gasteiger partial charge on any atom is 0.0898 e. The van der Waals surface area contributed by atoms with E-state index in [1.165, 1.54) is 5.69 Å². The molecule has 2 fully saturated rings. The summed E-state index contributed by atoms with van der Waals surface area (Å²) >= 11 is 0. The molecule has 136 valence electrons. The molecule has 0 unspecified atom stereocenters. The van der Waals surface area contributed by atoms with Crippen LogP contribution in [0.15, 0.2) is 6.07 Å². The lowest BCUT2D eigenvalue weighted by Crippen LogP contribution is -2.49. The summed E-state index contributed by atoms with van der Waals surface area (Å²) in [5.41, 5.74) is 2.21. The first-order valence-electron chi connectivity index (χ1n) is 8.93. The van der Waals surface area contributed by atoms with Gasteiger partial charge in [0.05, 0.1) is 44.3 Å². The number of ether oxygens (including phenoxy) is 2. The van der Waals surface area contributed by atoms with E-state index in [4.69, 9.17) is 9.47 Å². The minimum Gasteiger partial charge on any atom is -0.390 e. The van der Waals surface area contributed by atoms with Crippen LogP contribution in [-0.4, -0.2) is 96.0 Å². The zero-order chi connectivity index (χ0) is 16.9. The lowest BCUT2D eigenvalue weighted by atomic mass is 10.2. The molecule has 0 aliphatic carbocycles. The summed E-state index contributed by atoms with van der Waals surface area (Å²) < 4.78 is 13.3. The van der Waals surface area contributed by atoms with Crippen LogP contribution < -0.4 is 0 Å². The van der Waals surface area contributed by atoms with E-state index in [1.54, 1.807) is 0 Å². The Balaban J connectivity index is 1.45. The maximum absolute atomic E-state index is 10.4. The third-order valence-electron chi connectivity index (χ3n) is 4.74. The fraction of sp³-hybridized carbons (Fsp3) is 0.824. The third-order valence-corrected chi connectivity index (χ3v) is 4.74. The normalized spacial score (nSPS) is 25.0. The van der Waals surface area contributed by atoms with Crippen molar-refractivity contribution in [3.63, 3.8) is 0 Å². The van der Waals surface area contributed by atoms with E-state index in [0.29, 0.717) is 13.2 Å². The topological polar surface area (TPSA) is 63.0 Å². The summed E-state index contributed by atoms with van der Waals surface area (Å²) in [5.74, 6) is 0. The number of morpholine rings is 2. The average Bonchev–Trinajstić information content (AvgIpc) is 2.86. The van der Waals surface area contributed by atoms with Gasteiger partial charge in [-0.3, -0.25) is 14.5 Å². The molecule has 2 atom stereocenters. The number of aryl methyl sites for hydroxylation is 2. The van der Waals surface area contributed by atoms with Crippen LogP contribution in [-0.2, 0) is 16.0 Å². The quantitative estimate of drug-likeness (QED) is 0.781. The first-order valence-corrected chi connectivity index (χ1v) is 8.93. The summed E-state index contributed by atoms with van der Waals surface area (Å²) in [6.45, 7) is 12.1. The highest BCUT2D eigenvalue weighted by Crippen LogP contribution is 2.11. The standard InChI is InChI=1S/C17H30N4O3/c1-14-9-15(2)21(18-14)13-17-12-20(5-8-24-17)11-16(22)10-19-3-6-23-7-4-19/h9,16-17,22H,3-8,10-13H2,1-2H3/t16-,17+/m1/s1. The Kier molecular flexibility index (Phi) is 6.24. The van der Waals surface area contributed by atoms with Crippen LogP contribution in [0.1, 0.15) is 11.4 Å². The van der Waals surface area contributed by atoms with Crippen molar-refractivity contribution in [1.29, 1.82) is 0 Å². The van der Waals surface area contributed by atoms with Gasteiger partial charge in [-0.15, -0.1) is 0 Å². The summed E-state index contributed by atoms with van der Waals surface area (Å²) in [5, 5.41) is 14.9. The molecule has 0 saturated carbocycles. The van der Waals surface area contributed by atoms with Gasteiger partial charge in [-0.2, -0.15) is 5.10 Å². The molecular formula is C17H30N4O3. The van der Waals surface area contributed by atoms with Gasteiger partial charge in [0, 0.05) is 45.0 Å². The van der Waals surface area contributed by atoms with Crippen LogP contribution in [0.4, 0.5) is 0 Å². The summed E-state index contributed by atoms with van der Waals surface area (Å²) in [7, 11) is 0. The van der Waals surface area contributed by atoms with E-state index in [2.05, 4.69) is 27.9 Å². The van der Waals surface area contributed by atoms with E-state index in [-0.39, 0.29) is 12.2 Å². The van der Waals surface area contributed by atoms with Crippen LogP contribution in [0, 0.1) is 13.8 Å². The van der Waals surface area contributed by atoms with E-state index >= 15 is 0 Å². The Morgan fingerprint density at radius 1 is 1.17 bits per heavy atom. The Morgan fingerprint density at radius 3 is 2.58 bits per heavy atom. The monoisotopic (exact) mass is 338 g/mol. The smallest absolute Gasteiger partial charge is 0.0898 e. The van der Waals surface area contributed by atoms with Gasteiger partial charge in [0.15, 0.2) is 0 Å². The van der Waals surface area contributed by atoms with E-state index in [0.717, 1.165) is 58.2 Å². The lowest BCUT2D eigenvalue weighted by Gasteiger charge is -2.35. The third kappa shape index (κ3) is 5.00. The van der Waals surface area contributed by atoms with Gasteiger partial charge in [0.2, 0.25) is 0 Å². The average molecular weight is 338 g/mol. The lowest BCUT2D eigenvalue weighted by molar-refractivity contribution is -0.0540. The molecular weight excluding hydrogens is 308 g/mol. The predicted molar refractivity (Wildman–Crippen MR) is 91.1 cm³/mol. The van der Waals surface area contributed by atoms with Crippen molar-refractivity contribution in [2.75, 3.05) is 59.1 Å². The molecule has 2 aliphatic rings. The fourth-order valence-corrected chi connectivity index (χ4v) is 3.55. The molecule has 0 spiro atoms. The first kappa shape index (κ1) is 17.8. The Morgan fingerprint density at radius 2 is 1.88 bits per heavy atom. The van der Waals surface area contributed by atoms with Crippen molar-refractivity contribution in [2.24, 2.45) is 0 Å². The zero-order valence-corrected chi connectivity index (χ0v) is 14.9. The van der Waals surface area contributed by atoms with Crippen molar-refractivity contribution in [1.82, 2.24) is 19.6 Å². The number of aliphatic hydroxyl groups excluding tert-OH is 1. The van der Waals surface area contributed by atoms with Gasteiger partial charge in [0.25, 0.3) is 0 Å². The van der Waals surface area contributed by atoms with Crippen molar-refractivity contribution < 1.29 is 14.6 Å². The fourth-order valence-electron chi connectivity index (χ4n) is 3.55. The first-order chi connectivity index (χ1) is 11.6. The summed E-state index contributed by atoms with van der Waals surface area (Å²) in [4.78, 5) is 4.59. The molecule has 7 nitrogen and oxygen atoms in total. The number of aromatic nitrogens is 2. The molecule has 1 aromatic heterocycles. The molecule has 7 heteroatoms. The molecule has 0 amide bonds. The second kappa shape index (κ2) is 8.40. The van der Waals surface area contributed by atoms with Gasteiger partial charge >= 0.3 is 0 Å². The molecule has 0 bridgehead atoms. The molecule has 2 aliphatic heterocycles. The van der Waals surface area contributed by atoms with Crippen LogP contribution in [0.2, 0.25) is 0 Å². The highest BCUT2D eigenvalue weighted by Gasteiger charge is 2.24. The van der Waals surface area contributed by atoms with Gasteiger partial charge in [0.1, 0.15) is 0 Å². The van der Waals surface area contributed by atoms with Crippen LogP contribution >= 0.6 is 0 Å². The van der Waals surface area contributed by atoms with Crippen LogP contribution in [0.5, 0.6) is 0 Å². The molecule has 0 aromatic carbocycles. The molecule has 1 aromatic rings. The minimum absolute atomic E-state index is 0.132. The highest BCUT2D eigenvalue weighted by atomic mass is 16.5. The molecule has 0 radical (unpaired) electrons. The number of hydrogen-bond acceptors (Lipinski definition) is 6. The van der Waals surface area contributed by atoms with Crippen molar-refractivity contribution >= 4 is 0 Å². The number of nitrogens with zero attached hydrogens (tertiary/aromatic N) is 4. The molecule has 3 rings (SSSR count). The number of hydrogen-bond donors (Lipinski definition) is 1.